The van der Waals surface area contributed by atoms with Gasteiger partial charge >= 0.3 is 0 Å². The highest BCUT2D eigenvalue weighted by Crippen LogP contribution is 2.34. The van der Waals surface area contributed by atoms with Gasteiger partial charge in [-0.15, -0.1) is 0 Å². The van der Waals surface area contributed by atoms with Crippen molar-refractivity contribution in [2.24, 2.45) is 0 Å². The Kier molecular flexibility index (Phi) is 8.44. The first kappa shape index (κ1) is 25.1. The van der Waals surface area contributed by atoms with E-state index in [0.29, 0.717) is 36.0 Å². The smallest absolute Gasteiger partial charge is 0.265 e. The number of benzene rings is 3. The van der Waals surface area contributed by atoms with Gasteiger partial charge in [0.05, 0.1) is 12.3 Å². The quantitative estimate of drug-likeness (QED) is 0.377. The fourth-order valence-corrected chi connectivity index (χ4v) is 3.89. The molecule has 1 N–H and O–H groups in total. The van der Waals surface area contributed by atoms with Crippen molar-refractivity contribution in [2.75, 3.05) is 36.6 Å². The fourth-order valence-electron chi connectivity index (χ4n) is 3.89. The van der Waals surface area contributed by atoms with E-state index in [4.69, 9.17) is 14.2 Å². The van der Waals surface area contributed by atoms with Gasteiger partial charge < -0.3 is 24.4 Å². The van der Waals surface area contributed by atoms with Crippen molar-refractivity contribution in [1.82, 2.24) is 0 Å². The monoisotopic (exact) mass is 488 g/mol. The molecule has 0 saturated heterocycles. The van der Waals surface area contributed by atoms with Crippen LogP contribution in [0.1, 0.15) is 30.9 Å². The second-order valence-corrected chi connectivity index (χ2v) is 8.72. The molecule has 1 aliphatic heterocycles. The van der Waals surface area contributed by atoms with Crippen LogP contribution in [0.2, 0.25) is 0 Å². The van der Waals surface area contributed by atoms with Crippen LogP contribution in [-0.4, -0.2) is 38.2 Å². The van der Waals surface area contributed by atoms with E-state index in [-0.39, 0.29) is 25.0 Å². The third kappa shape index (κ3) is 6.78. The van der Waals surface area contributed by atoms with E-state index in [1.165, 1.54) is 11.1 Å². The zero-order chi connectivity index (χ0) is 25.3. The molecule has 3 aromatic rings. The number of fused-ring (bicyclic) bond motifs is 1. The van der Waals surface area contributed by atoms with Gasteiger partial charge in [0.1, 0.15) is 17.2 Å². The molecule has 7 heteroatoms. The van der Waals surface area contributed by atoms with E-state index < -0.39 is 0 Å². The maximum Gasteiger partial charge on any atom is 0.265 e. The Morgan fingerprint density at radius 1 is 0.972 bits per heavy atom. The zero-order valence-corrected chi connectivity index (χ0v) is 20.8. The molecule has 0 aliphatic carbocycles. The highest BCUT2D eigenvalue weighted by molar-refractivity contribution is 5.99. The molecular formula is C29H32N2O5. The molecule has 0 bridgehead atoms. The van der Waals surface area contributed by atoms with Gasteiger partial charge in [0.15, 0.2) is 13.2 Å². The van der Waals surface area contributed by atoms with Gasteiger partial charge in [0, 0.05) is 12.2 Å². The van der Waals surface area contributed by atoms with Crippen LogP contribution in [0, 0.1) is 6.92 Å². The molecule has 36 heavy (non-hydrogen) atoms. The molecule has 0 saturated carbocycles. The Balaban J connectivity index is 1.29. The molecular weight excluding hydrogens is 456 g/mol. The number of hydrogen-bond donors (Lipinski definition) is 1. The van der Waals surface area contributed by atoms with Crippen molar-refractivity contribution in [3.63, 3.8) is 0 Å². The molecule has 4 rings (SSSR count). The lowest BCUT2D eigenvalue weighted by atomic mass is 10.2. The predicted molar refractivity (Wildman–Crippen MR) is 140 cm³/mol. The highest BCUT2D eigenvalue weighted by atomic mass is 16.5. The molecule has 0 atom stereocenters. The molecule has 0 fully saturated rings. The van der Waals surface area contributed by atoms with Gasteiger partial charge in [0.2, 0.25) is 0 Å². The molecule has 0 unspecified atom stereocenters. The highest BCUT2D eigenvalue weighted by Gasteiger charge is 2.25. The van der Waals surface area contributed by atoms with Crippen molar-refractivity contribution >= 4 is 23.2 Å². The summed E-state index contributed by atoms with van der Waals surface area (Å²) in [7, 11) is 0. The minimum absolute atomic E-state index is 0.00321. The third-order valence-corrected chi connectivity index (χ3v) is 5.95. The number of nitrogens with one attached hydrogen (secondary N) is 1. The van der Waals surface area contributed by atoms with E-state index >= 15 is 0 Å². The van der Waals surface area contributed by atoms with Crippen LogP contribution >= 0.6 is 0 Å². The average molecular weight is 489 g/mol. The summed E-state index contributed by atoms with van der Waals surface area (Å²) in [6.45, 7) is 5.14. The summed E-state index contributed by atoms with van der Waals surface area (Å²) in [5.74, 6) is 1.72. The molecule has 1 heterocycles. The summed E-state index contributed by atoms with van der Waals surface area (Å²) in [4.78, 5) is 26.7. The topological polar surface area (TPSA) is 77.1 Å². The summed E-state index contributed by atoms with van der Waals surface area (Å²) in [6.07, 6.45) is 2.53. The lowest BCUT2D eigenvalue weighted by molar-refractivity contribution is -0.121. The molecule has 188 valence electrons. The van der Waals surface area contributed by atoms with Crippen molar-refractivity contribution in [2.45, 2.75) is 33.1 Å². The van der Waals surface area contributed by atoms with E-state index in [0.717, 1.165) is 25.0 Å². The van der Waals surface area contributed by atoms with Gasteiger partial charge in [0.25, 0.3) is 11.8 Å². The van der Waals surface area contributed by atoms with Crippen LogP contribution in [0.4, 0.5) is 11.4 Å². The van der Waals surface area contributed by atoms with Crippen LogP contribution in [0.15, 0.2) is 66.7 Å². The van der Waals surface area contributed by atoms with Gasteiger partial charge in [-0.2, -0.15) is 0 Å². The summed E-state index contributed by atoms with van der Waals surface area (Å²) in [5.41, 5.74) is 3.63. The molecule has 0 spiro atoms. The molecule has 3 aromatic carbocycles. The zero-order valence-electron chi connectivity index (χ0n) is 20.8. The maximum atomic E-state index is 12.6. The van der Waals surface area contributed by atoms with Gasteiger partial charge in [-0.3, -0.25) is 9.59 Å². The minimum Gasteiger partial charge on any atom is -0.494 e. The maximum absolute atomic E-state index is 12.6. The lowest BCUT2D eigenvalue weighted by Crippen LogP contribution is -2.39. The Labute approximate surface area is 212 Å². The third-order valence-electron chi connectivity index (χ3n) is 5.95. The first-order valence-corrected chi connectivity index (χ1v) is 12.3. The minimum atomic E-state index is -0.280. The summed E-state index contributed by atoms with van der Waals surface area (Å²) in [5, 5.41) is 2.84. The molecule has 7 nitrogen and oxygen atoms in total. The number of ether oxygens (including phenoxy) is 3. The average Bonchev–Trinajstić information content (AvgIpc) is 2.89. The predicted octanol–water partition coefficient (Wildman–Crippen LogP) is 5.16. The van der Waals surface area contributed by atoms with Crippen LogP contribution in [0.25, 0.3) is 0 Å². The van der Waals surface area contributed by atoms with Crippen LogP contribution in [0.5, 0.6) is 17.2 Å². The van der Waals surface area contributed by atoms with Crippen LogP contribution in [-0.2, 0) is 16.0 Å². The largest absolute Gasteiger partial charge is 0.494 e. The van der Waals surface area contributed by atoms with E-state index in [1.807, 2.05) is 55.5 Å². The van der Waals surface area contributed by atoms with Crippen LogP contribution in [0.3, 0.4) is 0 Å². The number of carbonyl (C=O) groups is 2. The van der Waals surface area contributed by atoms with Crippen molar-refractivity contribution in [3.05, 3.63) is 77.9 Å². The number of carbonyl (C=O) groups excluding carboxylic acids is 2. The molecule has 0 radical (unpaired) electrons. The standard InChI is InChI=1S/C29H32N2O5/c1-3-22-8-13-25(14-9-22)35-19-28(32)30-23-10-15-27-26(18-23)31(29(33)20-36-27)16-4-5-17-34-24-11-6-21(2)7-12-24/h6-15,18H,3-5,16-17,19-20H2,1-2H3,(H,30,32). The van der Waals surface area contributed by atoms with Gasteiger partial charge in [-0.25, -0.2) is 0 Å². The fraction of sp³-hybridized carbons (Fsp3) is 0.310. The first-order valence-electron chi connectivity index (χ1n) is 12.3. The summed E-state index contributed by atoms with van der Waals surface area (Å²) in [6, 6.07) is 20.9. The van der Waals surface area contributed by atoms with Gasteiger partial charge in [-0.05, 0) is 74.2 Å². The Morgan fingerprint density at radius 2 is 1.69 bits per heavy atom. The SMILES string of the molecule is CCc1ccc(OCC(=O)Nc2ccc3c(c2)N(CCCCOc2ccc(C)cc2)C(=O)CO3)cc1. The first-order chi connectivity index (χ1) is 17.5. The number of amides is 2. The molecule has 0 aromatic heterocycles. The Morgan fingerprint density at radius 3 is 2.44 bits per heavy atom. The van der Waals surface area contributed by atoms with E-state index in [9.17, 15) is 9.59 Å². The van der Waals surface area contributed by atoms with Gasteiger partial charge in [-0.1, -0.05) is 36.8 Å². The Hall–Kier alpha value is -4.00. The van der Waals surface area contributed by atoms with Crippen molar-refractivity contribution in [3.8, 4) is 17.2 Å². The normalized spacial score (nSPS) is 12.5. The van der Waals surface area contributed by atoms with Crippen LogP contribution < -0.4 is 24.4 Å². The summed E-state index contributed by atoms with van der Waals surface area (Å²) < 4.78 is 17.0. The van der Waals surface area contributed by atoms with E-state index in [2.05, 4.69) is 12.2 Å². The number of nitrogens with zero attached hydrogens (tertiary/aromatic N) is 1. The second kappa shape index (κ2) is 12.1. The Bertz CT molecular complexity index is 1180. The van der Waals surface area contributed by atoms with Crippen molar-refractivity contribution < 1.29 is 23.8 Å². The van der Waals surface area contributed by atoms with E-state index in [1.54, 1.807) is 23.1 Å². The molecule has 1 aliphatic rings. The van der Waals surface area contributed by atoms with Crippen molar-refractivity contribution in [1.29, 1.82) is 0 Å². The number of aryl methyl sites for hydroxylation is 2. The molecule has 2 amide bonds. The lowest BCUT2D eigenvalue weighted by Gasteiger charge is -2.30. The number of anilines is 2. The summed E-state index contributed by atoms with van der Waals surface area (Å²) >= 11 is 0. The number of rotatable bonds is 11. The number of unbranched alkanes of at least 4 members (excludes halogenated alkanes) is 1. The number of hydrogen-bond acceptors (Lipinski definition) is 5. The second-order valence-electron chi connectivity index (χ2n) is 8.72.